The number of nitrogens with one attached hydrogen (secondary N) is 1. The lowest BCUT2D eigenvalue weighted by atomic mass is 10.2. The maximum Gasteiger partial charge on any atom is 0.274 e. The van der Waals surface area contributed by atoms with Crippen LogP contribution in [-0.2, 0) is 11.8 Å². The second-order valence-electron chi connectivity index (χ2n) is 5.24. The summed E-state index contributed by atoms with van der Waals surface area (Å²) in [5, 5.41) is 6.86. The molecule has 0 bridgehead atoms. The highest BCUT2D eigenvalue weighted by Crippen LogP contribution is 2.25. The Bertz CT molecular complexity index is 648. The molecule has 2 aromatic rings. The number of nitrogens with zero attached hydrogens (tertiary/aromatic N) is 2. The van der Waals surface area contributed by atoms with Crippen molar-refractivity contribution < 1.29 is 14.3 Å². The van der Waals surface area contributed by atoms with Crippen LogP contribution in [0.15, 0.2) is 36.5 Å². The van der Waals surface area contributed by atoms with E-state index >= 15 is 0 Å². The standard InChI is InChI=1S/C16H19N3O3/c1-19-14(8-9-17-19)16(20)18-13-6-2-3-7-15(13)22-11-12-5-4-10-21-12/h2-3,6-9,12H,4-5,10-11H2,1H3,(H,18,20). The molecule has 0 saturated carbocycles. The number of carbonyl (C=O) groups is 1. The van der Waals surface area contributed by atoms with Crippen molar-refractivity contribution >= 4 is 11.6 Å². The Kier molecular flexibility index (Phi) is 4.39. The summed E-state index contributed by atoms with van der Waals surface area (Å²) in [4.78, 5) is 12.3. The summed E-state index contributed by atoms with van der Waals surface area (Å²) in [5.41, 5.74) is 1.14. The number of hydrogen-bond acceptors (Lipinski definition) is 4. The predicted octanol–water partition coefficient (Wildman–Crippen LogP) is 2.23. The highest BCUT2D eigenvalue weighted by atomic mass is 16.5. The molecular weight excluding hydrogens is 282 g/mol. The molecule has 2 heterocycles. The molecule has 1 N–H and O–H groups in total. The predicted molar refractivity (Wildman–Crippen MR) is 82.1 cm³/mol. The van der Waals surface area contributed by atoms with Crippen molar-refractivity contribution in [3.8, 4) is 5.75 Å². The smallest absolute Gasteiger partial charge is 0.274 e. The van der Waals surface area contributed by atoms with Gasteiger partial charge in [0.1, 0.15) is 18.1 Å². The molecule has 1 saturated heterocycles. The van der Waals surface area contributed by atoms with Crippen LogP contribution in [0.3, 0.4) is 0 Å². The van der Waals surface area contributed by atoms with Crippen molar-refractivity contribution in [1.29, 1.82) is 0 Å². The van der Waals surface area contributed by atoms with E-state index in [9.17, 15) is 4.79 Å². The van der Waals surface area contributed by atoms with E-state index < -0.39 is 0 Å². The van der Waals surface area contributed by atoms with Crippen molar-refractivity contribution in [2.24, 2.45) is 7.05 Å². The average Bonchev–Trinajstić information content (AvgIpc) is 3.17. The Balaban J connectivity index is 1.68. The number of carbonyl (C=O) groups excluding carboxylic acids is 1. The van der Waals surface area contributed by atoms with Crippen LogP contribution >= 0.6 is 0 Å². The lowest BCUT2D eigenvalue weighted by Gasteiger charge is -2.15. The molecule has 22 heavy (non-hydrogen) atoms. The molecule has 0 radical (unpaired) electrons. The number of benzene rings is 1. The minimum Gasteiger partial charge on any atom is -0.489 e. The molecule has 0 aliphatic carbocycles. The lowest BCUT2D eigenvalue weighted by molar-refractivity contribution is 0.0682. The molecule has 6 nitrogen and oxygen atoms in total. The summed E-state index contributed by atoms with van der Waals surface area (Å²) in [7, 11) is 1.73. The minimum absolute atomic E-state index is 0.140. The number of anilines is 1. The molecule has 3 rings (SSSR count). The number of para-hydroxylation sites is 2. The maximum atomic E-state index is 12.3. The number of hydrogen-bond donors (Lipinski definition) is 1. The summed E-state index contributed by atoms with van der Waals surface area (Å²) in [6.45, 7) is 1.30. The van der Waals surface area contributed by atoms with E-state index in [1.807, 2.05) is 24.3 Å². The molecule has 116 valence electrons. The van der Waals surface area contributed by atoms with Crippen LogP contribution in [-0.4, -0.2) is 35.0 Å². The first-order valence-corrected chi connectivity index (χ1v) is 7.37. The Morgan fingerprint density at radius 3 is 3.05 bits per heavy atom. The Hall–Kier alpha value is -2.34. The van der Waals surface area contributed by atoms with Crippen molar-refractivity contribution in [2.45, 2.75) is 18.9 Å². The van der Waals surface area contributed by atoms with E-state index in [0.717, 1.165) is 19.4 Å². The topological polar surface area (TPSA) is 65.4 Å². The van der Waals surface area contributed by atoms with Gasteiger partial charge in [-0.2, -0.15) is 5.10 Å². The normalized spacial score (nSPS) is 17.4. The van der Waals surface area contributed by atoms with Crippen molar-refractivity contribution in [2.75, 3.05) is 18.5 Å². The van der Waals surface area contributed by atoms with Gasteiger partial charge in [-0.15, -0.1) is 0 Å². The number of ether oxygens (including phenoxy) is 2. The van der Waals surface area contributed by atoms with E-state index in [-0.39, 0.29) is 12.0 Å². The highest BCUT2D eigenvalue weighted by Gasteiger charge is 2.17. The van der Waals surface area contributed by atoms with Gasteiger partial charge in [0, 0.05) is 19.9 Å². The second-order valence-corrected chi connectivity index (χ2v) is 5.24. The van der Waals surface area contributed by atoms with Crippen LogP contribution in [0.25, 0.3) is 0 Å². The largest absolute Gasteiger partial charge is 0.489 e. The van der Waals surface area contributed by atoms with Crippen LogP contribution in [0.5, 0.6) is 5.75 Å². The Labute approximate surface area is 129 Å². The van der Waals surface area contributed by atoms with Gasteiger partial charge in [0.15, 0.2) is 0 Å². The Morgan fingerprint density at radius 2 is 2.32 bits per heavy atom. The van der Waals surface area contributed by atoms with Gasteiger partial charge in [0.2, 0.25) is 0 Å². The van der Waals surface area contributed by atoms with Crippen molar-refractivity contribution in [1.82, 2.24) is 9.78 Å². The molecule has 1 aliphatic heterocycles. The molecule has 1 amide bonds. The fourth-order valence-electron chi connectivity index (χ4n) is 2.44. The third kappa shape index (κ3) is 3.28. The van der Waals surface area contributed by atoms with Gasteiger partial charge in [-0.25, -0.2) is 0 Å². The fraction of sp³-hybridized carbons (Fsp3) is 0.375. The molecular formula is C16H19N3O3. The second kappa shape index (κ2) is 6.62. The SMILES string of the molecule is Cn1nccc1C(=O)Nc1ccccc1OCC1CCCO1. The Morgan fingerprint density at radius 1 is 1.45 bits per heavy atom. The molecule has 1 aromatic heterocycles. The molecule has 1 unspecified atom stereocenters. The molecule has 0 spiro atoms. The maximum absolute atomic E-state index is 12.3. The van der Waals surface area contributed by atoms with Gasteiger partial charge in [-0.3, -0.25) is 9.48 Å². The molecule has 1 aliphatic rings. The van der Waals surface area contributed by atoms with Gasteiger partial charge in [-0.1, -0.05) is 12.1 Å². The number of rotatable bonds is 5. The lowest BCUT2D eigenvalue weighted by Crippen LogP contribution is -2.19. The van der Waals surface area contributed by atoms with Crippen LogP contribution in [0, 0.1) is 0 Å². The summed E-state index contributed by atoms with van der Waals surface area (Å²) in [5.74, 6) is 0.432. The number of aromatic nitrogens is 2. The summed E-state index contributed by atoms with van der Waals surface area (Å²) in [6.07, 6.45) is 3.83. The van der Waals surface area contributed by atoms with Gasteiger partial charge in [0.25, 0.3) is 5.91 Å². The third-order valence-corrected chi connectivity index (χ3v) is 3.64. The van der Waals surface area contributed by atoms with Gasteiger partial charge >= 0.3 is 0 Å². The third-order valence-electron chi connectivity index (χ3n) is 3.64. The summed E-state index contributed by atoms with van der Waals surface area (Å²) < 4.78 is 12.9. The summed E-state index contributed by atoms with van der Waals surface area (Å²) in [6, 6.07) is 9.07. The average molecular weight is 301 g/mol. The van der Waals surface area contributed by atoms with E-state index in [2.05, 4.69) is 10.4 Å². The first-order valence-electron chi connectivity index (χ1n) is 7.37. The fourth-order valence-corrected chi connectivity index (χ4v) is 2.44. The zero-order chi connectivity index (χ0) is 15.4. The number of aryl methyl sites for hydroxylation is 1. The van der Waals surface area contributed by atoms with Crippen LogP contribution < -0.4 is 10.1 Å². The minimum atomic E-state index is -0.215. The number of amides is 1. The highest BCUT2D eigenvalue weighted by molar-refractivity contribution is 6.03. The first kappa shape index (κ1) is 14.6. The molecule has 1 aromatic carbocycles. The quantitative estimate of drug-likeness (QED) is 0.919. The van der Waals surface area contributed by atoms with Crippen LogP contribution in [0.1, 0.15) is 23.3 Å². The zero-order valence-electron chi connectivity index (χ0n) is 12.5. The van der Waals surface area contributed by atoms with Crippen LogP contribution in [0.2, 0.25) is 0 Å². The molecule has 1 fully saturated rings. The van der Waals surface area contributed by atoms with Gasteiger partial charge in [0.05, 0.1) is 11.8 Å². The van der Waals surface area contributed by atoms with E-state index in [4.69, 9.17) is 9.47 Å². The van der Waals surface area contributed by atoms with Crippen molar-refractivity contribution in [3.05, 3.63) is 42.2 Å². The van der Waals surface area contributed by atoms with Crippen molar-refractivity contribution in [3.63, 3.8) is 0 Å². The van der Waals surface area contributed by atoms with Gasteiger partial charge in [-0.05, 0) is 31.0 Å². The van der Waals surface area contributed by atoms with E-state index in [1.54, 1.807) is 19.3 Å². The van der Waals surface area contributed by atoms with Gasteiger partial charge < -0.3 is 14.8 Å². The van der Waals surface area contributed by atoms with E-state index in [1.165, 1.54) is 4.68 Å². The molecule has 1 atom stereocenters. The monoisotopic (exact) mass is 301 g/mol. The van der Waals surface area contributed by atoms with E-state index in [0.29, 0.717) is 23.7 Å². The zero-order valence-corrected chi connectivity index (χ0v) is 12.5. The molecule has 6 heteroatoms. The van der Waals surface area contributed by atoms with Crippen LogP contribution in [0.4, 0.5) is 5.69 Å². The summed E-state index contributed by atoms with van der Waals surface area (Å²) >= 11 is 0. The first-order chi connectivity index (χ1) is 10.7.